The van der Waals surface area contributed by atoms with Crippen LogP contribution in [-0.2, 0) is 4.79 Å². The van der Waals surface area contributed by atoms with Gasteiger partial charge in [0, 0.05) is 44.3 Å². The van der Waals surface area contributed by atoms with Crippen LogP contribution in [0, 0.1) is 13.8 Å². The minimum Gasteiger partial charge on any atom is -0.369 e. The monoisotopic (exact) mass is 352 g/mol. The molecule has 1 saturated heterocycles. The Kier molecular flexibility index (Phi) is 5.89. The molecule has 26 heavy (non-hydrogen) atoms. The van der Waals surface area contributed by atoms with E-state index in [0.717, 1.165) is 26.2 Å². The van der Waals surface area contributed by atoms with Crippen LogP contribution in [0.1, 0.15) is 29.7 Å². The smallest absolute Gasteiger partial charge is 0.234 e. The van der Waals surface area contributed by atoms with Crippen molar-refractivity contribution in [2.75, 3.05) is 37.6 Å². The van der Waals surface area contributed by atoms with Gasteiger partial charge in [-0.2, -0.15) is 0 Å². The first-order chi connectivity index (χ1) is 12.5. The fourth-order valence-corrected chi connectivity index (χ4v) is 3.51. The minimum absolute atomic E-state index is 0.0282. The lowest BCUT2D eigenvalue weighted by molar-refractivity contribution is -0.123. The molecule has 1 aromatic heterocycles. The number of nitrogens with one attached hydrogen (secondary N) is 1. The number of hydrogen-bond acceptors (Lipinski definition) is 4. The highest BCUT2D eigenvalue weighted by Gasteiger charge is 2.20. The first kappa shape index (κ1) is 18.4. The molecule has 3 rings (SSSR count). The van der Waals surface area contributed by atoms with Crippen molar-refractivity contribution in [3.8, 4) is 0 Å². The van der Waals surface area contributed by atoms with E-state index < -0.39 is 0 Å². The summed E-state index contributed by atoms with van der Waals surface area (Å²) in [5.74, 6) is 0.0933. The molecule has 1 N–H and O–H groups in total. The summed E-state index contributed by atoms with van der Waals surface area (Å²) in [6, 6.07) is 10.5. The fraction of sp³-hybridized carbons (Fsp3) is 0.429. The molecular formula is C21H28N4O. The molecule has 0 bridgehead atoms. The van der Waals surface area contributed by atoms with Crippen LogP contribution in [0.2, 0.25) is 0 Å². The predicted octanol–water partition coefficient (Wildman–Crippen LogP) is 2.70. The van der Waals surface area contributed by atoms with E-state index in [2.05, 4.69) is 59.1 Å². The van der Waals surface area contributed by atoms with Gasteiger partial charge in [0.15, 0.2) is 0 Å². The quantitative estimate of drug-likeness (QED) is 0.899. The number of amides is 1. The van der Waals surface area contributed by atoms with Gasteiger partial charge in [0.2, 0.25) is 5.91 Å². The van der Waals surface area contributed by atoms with Gasteiger partial charge in [-0.1, -0.05) is 23.8 Å². The molecule has 2 heterocycles. The zero-order valence-corrected chi connectivity index (χ0v) is 15.9. The number of pyridine rings is 1. The Balaban J connectivity index is 1.49. The summed E-state index contributed by atoms with van der Waals surface area (Å²) in [6.45, 7) is 10.4. The number of anilines is 1. The van der Waals surface area contributed by atoms with Crippen LogP contribution >= 0.6 is 0 Å². The Labute approximate surface area is 156 Å². The molecule has 5 nitrogen and oxygen atoms in total. The van der Waals surface area contributed by atoms with Crippen molar-refractivity contribution in [1.82, 2.24) is 15.2 Å². The van der Waals surface area contributed by atoms with Crippen molar-refractivity contribution in [2.45, 2.75) is 26.8 Å². The van der Waals surface area contributed by atoms with E-state index in [1.807, 2.05) is 24.5 Å². The first-order valence-electron chi connectivity index (χ1n) is 9.27. The Morgan fingerprint density at radius 2 is 1.81 bits per heavy atom. The molecule has 1 aliphatic rings. The second kappa shape index (κ2) is 8.32. The van der Waals surface area contributed by atoms with Crippen molar-refractivity contribution >= 4 is 11.6 Å². The first-order valence-corrected chi connectivity index (χ1v) is 9.27. The number of rotatable bonds is 5. The summed E-state index contributed by atoms with van der Waals surface area (Å²) in [7, 11) is 0. The SMILES string of the molecule is Cc1ccc(C)c(C(C)NC(=O)CN2CCN(c3ccncc3)CC2)c1. The molecule has 1 unspecified atom stereocenters. The molecule has 0 radical (unpaired) electrons. The Bertz CT molecular complexity index is 739. The number of piperazine rings is 1. The predicted molar refractivity (Wildman–Crippen MR) is 105 cm³/mol. The number of benzene rings is 1. The van der Waals surface area contributed by atoms with Crippen molar-refractivity contribution in [3.05, 3.63) is 59.4 Å². The number of aromatic nitrogens is 1. The van der Waals surface area contributed by atoms with Crippen LogP contribution in [0.15, 0.2) is 42.7 Å². The van der Waals surface area contributed by atoms with Crippen molar-refractivity contribution in [2.24, 2.45) is 0 Å². The summed E-state index contributed by atoms with van der Waals surface area (Å²) in [5, 5.41) is 3.15. The van der Waals surface area contributed by atoms with E-state index >= 15 is 0 Å². The lowest BCUT2D eigenvalue weighted by atomic mass is 10.00. The second-order valence-corrected chi connectivity index (χ2v) is 7.12. The number of carbonyl (C=O) groups is 1. The van der Waals surface area contributed by atoms with Crippen molar-refractivity contribution < 1.29 is 4.79 Å². The summed E-state index contributed by atoms with van der Waals surface area (Å²) in [6.07, 6.45) is 3.65. The van der Waals surface area contributed by atoms with Gasteiger partial charge in [-0.25, -0.2) is 0 Å². The molecule has 1 atom stereocenters. The maximum Gasteiger partial charge on any atom is 0.234 e. The van der Waals surface area contributed by atoms with Crippen LogP contribution in [0.25, 0.3) is 0 Å². The van der Waals surface area contributed by atoms with Crippen LogP contribution in [0.3, 0.4) is 0 Å². The number of aryl methyl sites for hydroxylation is 2. The molecule has 2 aromatic rings. The van der Waals surface area contributed by atoms with Gasteiger partial charge in [0.25, 0.3) is 0 Å². The lowest BCUT2D eigenvalue weighted by Gasteiger charge is -2.35. The largest absolute Gasteiger partial charge is 0.369 e. The standard InChI is InChI=1S/C21H28N4O/c1-16-4-5-17(2)20(14-16)18(3)23-21(26)15-24-10-12-25(13-11-24)19-6-8-22-9-7-19/h4-9,14,18H,10-13,15H2,1-3H3,(H,23,26). The van der Waals surface area contributed by atoms with Gasteiger partial charge in [0.05, 0.1) is 12.6 Å². The zero-order valence-electron chi connectivity index (χ0n) is 15.9. The summed E-state index contributed by atoms with van der Waals surface area (Å²) < 4.78 is 0. The average molecular weight is 352 g/mol. The summed E-state index contributed by atoms with van der Waals surface area (Å²) >= 11 is 0. The van der Waals surface area contributed by atoms with E-state index in [1.54, 1.807) is 0 Å². The van der Waals surface area contributed by atoms with Gasteiger partial charge < -0.3 is 10.2 Å². The molecule has 5 heteroatoms. The van der Waals surface area contributed by atoms with Gasteiger partial charge in [0.1, 0.15) is 0 Å². The summed E-state index contributed by atoms with van der Waals surface area (Å²) in [4.78, 5) is 21.1. The molecule has 138 valence electrons. The highest BCUT2D eigenvalue weighted by atomic mass is 16.2. The Morgan fingerprint density at radius 3 is 2.50 bits per heavy atom. The molecule has 1 aliphatic heterocycles. The molecule has 0 saturated carbocycles. The fourth-order valence-electron chi connectivity index (χ4n) is 3.51. The van der Waals surface area contributed by atoms with Crippen molar-refractivity contribution in [3.63, 3.8) is 0 Å². The van der Waals surface area contributed by atoms with Gasteiger partial charge in [-0.15, -0.1) is 0 Å². The Hall–Kier alpha value is -2.40. The van der Waals surface area contributed by atoms with Gasteiger partial charge >= 0.3 is 0 Å². The zero-order chi connectivity index (χ0) is 18.5. The van der Waals surface area contributed by atoms with E-state index in [1.165, 1.54) is 22.4 Å². The van der Waals surface area contributed by atoms with Crippen LogP contribution in [-0.4, -0.2) is 48.5 Å². The second-order valence-electron chi connectivity index (χ2n) is 7.12. The van der Waals surface area contributed by atoms with Crippen LogP contribution < -0.4 is 10.2 Å². The normalized spacial score (nSPS) is 16.3. The molecule has 1 amide bonds. The van der Waals surface area contributed by atoms with Gasteiger partial charge in [-0.3, -0.25) is 14.7 Å². The highest BCUT2D eigenvalue weighted by Crippen LogP contribution is 2.19. The average Bonchev–Trinajstić information content (AvgIpc) is 2.65. The lowest BCUT2D eigenvalue weighted by Crippen LogP contribution is -2.49. The maximum atomic E-state index is 12.5. The van der Waals surface area contributed by atoms with Crippen molar-refractivity contribution in [1.29, 1.82) is 0 Å². The van der Waals surface area contributed by atoms with E-state index in [9.17, 15) is 4.79 Å². The van der Waals surface area contributed by atoms with Crippen LogP contribution in [0.5, 0.6) is 0 Å². The van der Waals surface area contributed by atoms with E-state index in [-0.39, 0.29) is 11.9 Å². The molecule has 1 fully saturated rings. The summed E-state index contributed by atoms with van der Waals surface area (Å²) in [5.41, 5.74) is 4.84. The third kappa shape index (κ3) is 4.61. The topological polar surface area (TPSA) is 48.5 Å². The Morgan fingerprint density at radius 1 is 1.12 bits per heavy atom. The number of carbonyl (C=O) groups excluding carboxylic acids is 1. The third-order valence-electron chi connectivity index (χ3n) is 5.05. The minimum atomic E-state index is 0.0282. The number of nitrogens with zero attached hydrogens (tertiary/aromatic N) is 3. The van der Waals surface area contributed by atoms with E-state index in [4.69, 9.17) is 0 Å². The van der Waals surface area contributed by atoms with Gasteiger partial charge in [-0.05, 0) is 44.0 Å². The van der Waals surface area contributed by atoms with Crippen LogP contribution in [0.4, 0.5) is 5.69 Å². The molecule has 0 spiro atoms. The molecular weight excluding hydrogens is 324 g/mol. The molecule has 0 aliphatic carbocycles. The molecule has 1 aromatic carbocycles. The third-order valence-corrected chi connectivity index (χ3v) is 5.05. The van der Waals surface area contributed by atoms with E-state index in [0.29, 0.717) is 6.54 Å². The number of hydrogen-bond donors (Lipinski definition) is 1. The maximum absolute atomic E-state index is 12.5. The highest BCUT2D eigenvalue weighted by molar-refractivity contribution is 5.78.